The average Bonchev–Trinajstić information content (AvgIpc) is 2.21. The zero-order valence-electron chi connectivity index (χ0n) is 9.43. The number of aryl methyl sites for hydroxylation is 2. The third-order valence-electron chi connectivity index (χ3n) is 2.25. The standard InChI is InChI=1S/C11H13Cl3N2O/c1-7-3-4-8(2)9(5-7)16-10(15-6-17)11(12,13)14/h3-6,10,16H,1-2H3,(H,15,17). The number of nitrogens with one attached hydrogen (secondary N) is 2. The lowest BCUT2D eigenvalue weighted by Gasteiger charge is -2.26. The summed E-state index contributed by atoms with van der Waals surface area (Å²) >= 11 is 17.3. The SMILES string of the molecule is Cc1ccc(C)c(NC(NC=O)C(Cl)(Cl)Cl)c1. The molecule has 0 aromatic heterocycles. The first kappa shape index (κ1) is 14.4. The summed E-state index contributed by atoms with van der Waals surface area (Å²) in [6.07, 6.45) is -0.296. The molecule has 6 heteroatoms. The maximum atomic E-state index is 10.5. The normalized spacial score (nSPS) is 13.0. The van der Waals surface area contributed by atoms with Crippen LogP contribution < -0.4 is 10.6 Å². The molecule has 1 amide bonds. The molecule has 1 atom stereocenters. The minimum absolute atomic E-state index is 0.491. The topological polar surface area (TPSA) is 41.1 Å². The van der Waals surface area contributed by atoms with Crippen LogP contribution in [0.15, 0.2) is 18.2 Å². The van der Waals surface area contributed by atoms with Crippen LogP contribution in [0.3, 0.4) is 0 Å². The van der Waals surface area contributed by atoms with Crippen molar-refractivity contribution in [2.45, 2.75) is 23.8 Å². The molecule has 3 nitrogen and oxygen atoms in total. The molecule has 1 unspecified atom stereocenters. The highest BCUT2D eigenvalue weighted by Gasteiger charge is 2.32. The average molecular weight is 296 g/mol. The highest BCUT2D eigenvalue weighted by Crippen LogP contribution is 2.31. The lowest BCUT2D eigenvalue weighted by atomic mass is 10.1. The van der Waals surface area contributed by atoms with Crippen LogP contribution in [0.2, 0.25) is 0 Å². The monoisotopic (exact) mass is 294 g/mol. The van der Waals surface area contributed by atoms with Gasteiger partial charge in [0.15, 0.2) is 0 Å². The van der Waals surface area contributed by atoms with E-state index < -0.39 is 9.96 Å². The van der Waals surface area contributed by atoms with Crippen molar-refractivity contribution in [2.24, 2.45) is 0 Å². The number of amides is 1. The summed E-state index contributed by atoms with van der Waals surface area (Å²) in [6, 6.07) is 5.86. The van der Waals surface area contributed by atoms with Crippen molar-refractivity contribution >= 4 is 46.9 Å². The molecule has 0 aliphatic carbocycles. The summed E-state index contributed by atoms with van der Waals surface area (Å²) in [4.78, 5) is 10.5. The largest absolute Gasteiger partial charge is 0.362 e. The van der Waals surface area contributed by atoms with Crippen LogP contribution in [0.5, 0.6) is 0 Å². The second-order valence-corrected chi connectivity index (χ2v) is 6.09. The summed E-state index contributed by atoms with van der Waals surface area (Å²) in [5, 5.41) is 5.42. The van der Waals surface area contributed by atoms with Gasteiger partial charge in [-0.2, -0.15) is 0 Å². The van der Waals surface area contributed by atoms with Crippen LogP contribution in [0.4, 0.5) is 5.69 Å². The highest BCUT2D eigenvalue weighted by molar-refractivity contribution is 6.68. The van der Waals surface area contributed by atoms with Crippen LogP contribution in [0.25, 0.3) is 0 Å². The Hall–Kier alpha value is -0.640. The minimum Gasteiger partial charge on any atom is -0.362 e. The summed E-state index contributed by atoms with van der Waals surface area (Å²) in [5.74, 6) is 0. The molecule has 0 radical (unpaired) electrons. The van der Waals surface area contributed by atoms with Crippen molar-refractivity contribution in [3.05, 3.63) is 29.3 Å². The van der Waals surface area contributed by atoms with Crippen LogP contribution in [0, 0.1) is 13.8 Å². The molecule has 0 saturated carbocycles. The lowest BCUT2D eigenvalue weighted by molar-refractivity contribution is -0.110. The minimum atomic E-state index is -1.63. The number of hydrogen-bond donors (Lipinski definition) is 2. The molecular weight excluding hydrogens is 282 g/mol. The molecule has 1 aromatic rings. The molecule has 0 aliphatic heterocycles. The maximum Gasteiger partial charge on any atom is 0.228 e. The van der Waals surface area contributed by atoms with Crippen molar-refractivity contribution in [2.75, 3.05) is 5.32 Å². The highest BCUT2D eigenvalue weighted by atomic mass is 35.6. The Balaban J connectivity index is 2.93. The van der Waals surface area contributed by atoms with Crippen LogP contribution in [-0.4, -0.2) is 16.4 Å². The fourth-order valence-electron chi connectivity index (χ4n) is 1.33. The van der Waals surface area contributed by atoms with E-state index in [0.717, 1.165) is 16.8 Å². The molecule has 2 N–H and O–H groups in total. The molecule has 17 heavy (non-hydrogen) atoms. The summed E-state index contributed by atoms with van der Waals surface area (Å²) < 4.78 is -1.63. The molecule has 0 fully saturated rings. The van der Waals surface area contributed by atoms with Gasteiger partial charge in [-0.3, -0.25) is 4.79 Å². The van der Waals surface area contributed by atoms with E-state index in [1.165, 1.54) is 0 Å². The first-order valence-electron chi connectivity index (χ1n) is 4.95. The van der Waals surface area contributed by atoms with Gasteiger partial charge in [0.05, 0.1) is 0 Å². The van der Waals surface area contributed by atoms with Crippen molar-refractivity contribution in [3.63, 3.8) is 0 Å². The Morgan fingerprint density at radius 3 is 2.47 bits per heavy atom. The Bertz CT molecular complexity index is 404. The third-order valence-corrected chi connectivity index (χ3v) is 2.91. The molecule has 1 rings (SSSR count). The van der Waals surface area contributed by atoms with Gasteiger partial charge in [0.2, 0.25) is 10.2 Å². The van der Waals surface area contributed by atoms with Gasteiger partial charge in [-0.15, -0.1) is 0 Å². The summed E-state index contributed by atoms with van der Waals surface area (Å²) in [7, 11) is 0. The second kappa shape index (κ2) is 5.80. The predicted molar refractivity (Wildman–Crippen MR) is 72.8 cm³/mol. The van der Waals surface area contributed by atoms with Gasteiger partial charge in [-0.1, -0.05) is 46.9 Å². The molecule has 94 valence electrons. The zero-order valence-corrected chi connectivity index (χ0v) is 11.7. The van der Waals surface area contributed by atoms with Crippen LogP contribution in [-0.2, 0) is 4.79 Å². The number of carbonyl (C=O) groups is 1. The first-order chi connectivity index (χ1) is 7.84. The Morgan fingerprint density at radius 2 is 1.94 bits per heavy atom. The first-order valence-corrected chi connectivity index (χ1v) is 6.08. The molecule has 0 heterocycles. The van der Waals surface area contributed by atoms with Gasteiger partial charge in [-0.25, -0.2) is 0 Å². The lowest BCUT2D eigenvalue weighted by Crippen LogP contribution is -2.45. The van der Waals surface area contributed by atoms with E-state index in [2.05, 4.69) is 10.6 Å². The van der Waals surface area contributed by atoms with Gasteiger partial charge in [0.1, 0.15) is 6.17 Å². The quantitative estimate of drug-likeness (QED) is 0.509. The van der Waals surface area contributed by atoms with Crippen LogP contribution >= 0.6 is 34.8 Å². The molecule has 1 aromatic carbocycles. The third kappa shape index (κ3) is 4.26. The van der Waals surface area contributed by atoms with Crippen LogP contribution in [0.1, 0.15) is 11.1 Å². The number of halogens is 3. The fraction of sp³-hybridized carbons (Fsp3) is 0.364. The fourth-order valence-corrected chi connectivity index (χ4v) is 1.69. The molecule has 0 spiro atoms. The van der Waals surface area contributed by atoms with E-state index in [4.69, 9.17) is 34.8 Å². The predicted octanol–water partition coefficient (Wildman–Crippen LogP) is 3.16. The maximum absolute atomic E-state index is 10.5. The number of alkyl halides is 3. The van der Waals surface area contributed by atoms with E-state index in [-0.39, 0.29) is 0 Å². The van der Waals surface area contributed by atoms with Gasteiger partial charge < -0.3 is 10.6 Å². The Labute approximate surface area is 115 Å². The van der Waals surface area contributed by atoms with Gasteiger partial charge in [0, 0.05) is 5.69 Å². The number of carbonyl (C=O) groups excluding carboxylic acids is 1. The van der Waals surface area contributed by atoms with Crippen molar-refractivity contribution in [3.8, 4) is 0 Å². The molecule has 0 bridgehead atoms. The number of rotatable bonds is 4. The number of anilines is 1. The smallest absolute Gasteiger partial charge is 0.228 e. The van der Waals surface area contributed by atoms with E-state index >= 15 is 0 Å². The van der Waals surface area contributed by atoms with Gasteiger partial charge in [0.25, 0.3) is 0 Å². The van der Waals surface area contributed by atoms with E-state index in [1.807, 2.05) is 32.0 Å². The Kier molecular flexibility index (Phi) is 4.92. The second-order valence-electron chi connectivity index (χ2n) is 3.72. The summed E-state index contributed by atoms with van der Waals surface area (Å²) in [5.41, 5.74) is 2.89. The number of hydrogen-bond acceptors (Lipinski definition) is 2. The van der Waals surface area contributed by atoms with E-state index in [9.17, 15) is 4.79 Å². The summed E-state index contributed by atoms with van der Waals surface area (Å²) in [6.45, 7) is 3.89. The Morgan fingerprint density at radius 1 is 1.29 bits per heavy atom. The van der Waals surface area contributed by atoms with Crippen molar-refractivity contribution < 1.29 is 4.79 Å². The molecule has 0 aliphatic rings. The van der Waals surface area contributed by atoms with E-state index in [1.54, 1.807) is 0 Å². The van der Waals surface area contributed by atoms with Crippen molar-refractivity contribution in [1.82, 2.24) is 5.32 Å². The number of benzene rings is 1. The van der Waals surface area contributed by atoms with E-state index in [0.29, 0.717) is 6.41 Å². The van der Waals surface area contributed by atoms with Gasteiger partial charge >= 0.3 is 0 Å². The van der Waals surface area contributed by atoms with Gasteiger partial charge in [-0.05, 0) is 31.0 Å². The zero-order chi connectivity index (χ0) is 13.1. The molecular formula is C11H13Cl3N2O. The molecule has 0 saturated heterocycles. The van der Waals surface area contributed by atoms with Crippen molar-refractivity contribution in [1.29, 1.82) is 0 Å².